The van der Waals surface area contributed by atoms with Crippen LogP contribution >= 0.6 is 0 Å². The molecular formula is C12H15NO. The summed E-state index contributed by atoms with van der Waals surface area (Å²) in [6.07, 6.45) is 10.0. The summed E-state index contributed by atoms with van der Waals surface area (Å²) in [5.74, 6) is 0.676. The molecule has 14 heavy (non-hydrogen) atoms. The minimum absolute atomic E-state index is 0.325. The number of hydrogen-bond acceptors (Lipinski definition) is 1. The number of carbonyl (C=O) groups is 1. The predicted molar refractivity (Wildman–Crippen MR) is 54.1 cm³/mol. The lowest BCUT2D eigenvalue weighted by Gasteiger charge is -2.53. The molecule has 1 N–H and O–H groups in total. The molecular weight excluding hydrogens is 174 g/mol. The summed E-state index contributed by atoms with van der Waals surface area (Å²) in [4.78, 5) is 14.8. The molecule has 1 aromatic rings. The Bertz CT molecular complexity index is 340. The Balaban J connectivity index is 1.66. The van der Waals surface area contributed by atoms with Crippen LogP contribution in [-0.4, -0.2) is 10.8 Å². The molecule has 74 valence electrons. The molecule has 2 fully saturated rings. The van der Waals surface area contributed by atoms with Gasteiger partial charge in [-0.15, -0.1) is 0 Å². The van der Waals surface area contributed by atoms with Gasteiger partial charge in [0.05, 0.1) is 0 Å². The van der Waals surface area contributed by atoms with Crippen LogP contribution in [0.3, 0.4) is 0 Å². The van der Waals surface area contributed by atoms with Gasteiger partial charge in [-0.05, 0) is 37.2 Å². The lowest BCUT2D eigenvalue weighted by atomic mass is 9.51. The number of nitrogens with one attached hydrogen (secondary N) is 1. The van der Waals surface area contributed by atoms with Crippen LogP contribution in [0.4, 0.5) is 0 Å². The van der Waals surface area contributed by atoms with Gasteiger partial charge in [0.25, 0.3) is 0 Å². The van der Waals surface area contributed by atoms with Gasteiger partial charge in [0.15, 0.2) is 5.78 Å². The zero-order chi connectivity index (χ0) is 9.60. The van der Waals surface area contributed by atoms with Crippen molar-refractivity contribution in [1.82, 2.24) is 4.98 Å². The largest absolute Gasteiger partial charge is 0.367 e. The summed E-state index contributed by atoms with van der Waals surface area (Å²) in [6.45, 7) is 0. The highest BCUT2D eigenvalue weighted by atomic mass is 16.1. The van der Waals surface area contributed by atoms with Gasteiger partial charge in [-0.3, -0.25) is 4.79 Å². The monoisotopic (exact) mass is 189 g/mol. The van der Waals surface area contributed by atoms with Crippen molar-refractivity contribution in [2.45, 2.75) is 32.1 Å². The SMILES string of the molecule is O=C(c1cc[nH]c1)C1CC2(CCC2)C1. The van der Waals surface area contributed by atoms with Crippen molar-refractivity contribution in [2.24, 2.45) is 11.3 Å². The number of aromatic nitrogens is 1. The summed E-state index contributed by atoms with van der Waals surface area (Å²) in [5, 5.41) is 0. The second-order valence-electron chi connectivity index (χ2n) is 4.92. The molecule has 2 aliphatic carbocycles. The van der Waals surface area contributed by atoms with Crippen molar-refractivity contribution in [3.05, 3.63) is 24.0 Å². The van der Waals surface area contributed by atoms with Crippen LogP contribution in [0.1, 0.15) is 42.5 Å². The van der Waals surface area contributed by atoms with E-state index in [4.69, 9.17) is 0 Å². The van der Waals surface area contributed by atoms with Crippen molar-refractivity contribution in [3.8, 4) is 0 Å². The fourth-order valence-electron chi connectivity index (χ4n) is 2.97. The number of ketones is 1. The van der Waals surface area contributed by atoms with E-state index in [2.05, 4.69) is 4.98 Å². The molecule has 0 aromatic carbocycles. The van der Waals surface area contributed by atoms with E-state index in [-0.39, 0.29) is 0 Å². The van der Waals surface area contributed by atoms with Gasteiger partial charge in [0.1, 0.15) is 0 Å². The smallest absolute Gasteiger partial charge is 0.167 e. The zero-order valence-corrected chi connectivity index (χ0v) is 8.25. The zero-order valence-electron chi connectivity index (χ0n) is 8.25. The van der Waals surface area contributed by atoms with Crippen LogP contribution in [0, 0.1) is 11.3 Å². The Hall–Kier alpha value is -1.05. The van der Waals surface area contributed by atoms with Crippen molar-refractivity contribution < 1.29 is 4.79 Å². The van der Waals surface area contributed by atoms with Gasteiger partial charge in [-0.25, -0.2) is 0 Å². The number of Topliss-reactive ketones (excluding diaryl/α,β-unsaturated/α-hetero) is 1. The molecule has 3 rings (SSSR count). The summed E-state index contributed by atoms with van der Waals surface area (Å²) >= 11 is 0. The first-order valence-corrected chi connectivity index (χ1v) is 5.46. The van der Waals surface area contributed by atoms with E-state index in [0.717, 1.165) is 18.4 Å². The normalized spacial score (nSPS) is 24.3. The van der Waals surface area contributed by atoms with Crippen LogP contribution in [0.2, 0.25) is 0 Å². The molecule has 2 nitrogen and oxygen atoms in total. The molecule has 1 aromatic heterocycles. The molecule has 0 aliphatic heterocycles. The van der Waals surface area contributed by atoms with Crippen molar-refractivity contribution in [1.29, 1.82) is 0 Å². The van der Waals surface area contributed by atoms with Crippen molar-refractivity contribution in [2.75, 3.05) is 0 Å². The minimum atomic E-state index is 0.325. The molecule has 0 atom stereocenters. The topological polar surface area (TPSA) is 32.9 Å². The van der Waals surface area contributed by atoms with Gasteiger partial charge in [-0.1, -0.05) is 6.42 Å². The van der Waals surface area contributed by atoms with E-state index < -0.39 is 0 Å². The molecule has 2 saturated carbocycles. The third kappa shape index (κ3) is 1.06. The number of carbonyl (C=O) groups excluding carboxylic acids is 1. The van der Waals surface area contributed by atoms with Gasteiger partial charge in [0.2, 0.25) is 0 Å². The standard InChI is InChI=1S/C12H15NO/c14-11(9-2-5-13-8-9)10-6-12(7-10)3-1-4-12/h2,5,8,10,13H,1,3-4,6-7H2. The quantitative estimate of drug-likeness (QED) is 0.713. The highest BCUT2D eigenvalue weighted by Crippen LogP contribution is 2.59. The molecule has 0 unspecified atom stereocenters. The van der Waals surface area contributed by atoms with Crippen molar-refractivity contribution in [3.63, 3.8) is 0 Å². The Labute approximate surface area is 83.7 Å². The van der Waals surface area contributed by atoms with Crippen LogP contribution in [0.5, 0.6) is 0 Å². The number of aromatic amines is 1. The second-order valence-corrected chi connectivity index (χ2v) is 4.92. The molecule has 0 amide bonds. The molecule has 0 bridgehead atoms. The van der Waals surface area contributed by atoms with E-state index in [0.29, 0.717) is 17.1 Å². The molecule has 2 aliphatic rings. The third-order valence-electron chi connectivity index (χ3n) is 4.03. The summed E-state index contributed by atoms with van der Waals surface area (Å²) in [6, 6.07) is 1.88. The van der Waals surface area contributed by atoms with E-state index >= 15 is 0 Å². The first-order valence-electron chi connectivity index (χ1n) is 5.46. The maximum atomic E-state index is 11.9. The highest BCUT2D eigenvalue weighted by Gasteiger charge is 2.50. The molecule has 0 radical (unpaired) electrons. The minimum Gasteiger partial charge on any atom is -0.367 e. The number of rotatable bonds is 2. The van der Waals surface area contributed by atoms with Crippen LogP contribution < -0.4 is 0 Å². The van der Waals surface area contributed by atoms with Crippen LogP contribution in [0.25, 0.3) is 0 Å². The maximum Gasteiger partial charge on any atom is 0.167 e. The maximum absolute atomic E-state index is 11.9. The van der Waals surface area contributed by atoms with Crippen LogP contribution in [-0.2, 0) is 0 Å². The first kappa shape index (κ1) is 8.27. The first-order chi connectivity index (χ1) is 6.79. The van der Waals surface area contributed by atoms with E-state index in [1.54, 1.807) is 0 Å². The van der Waals surface area contributed by atoms with Gasteiger partial charge >= 0.3 is 0 Å². The molecule has 1 heterocycles. The fraction of sp³-hybridized carbons (Fsp3) is 0.583. The number of hydrogen-bond donors (Lipinski definition) is 1. The summed E-state index contributed by atoms with van der Waals surface area (Å²) in [7, 11) is 0. The second kappa shape index (κ2) is 2.72. The van der Waals surface area contributed by atoms with Gasteiger partial charge in [-0.2, -0.15) is 0 Å². The van der Waals surface area contributed by atoms with Crippen LogP contribution in [0.15, 0.2) is 18.5 Å². The molecule has 1 spiro atoms. The summed E-state index contributed by atoms with van der Waals surface area (Å²) < 4.78 is 0. The van der Waals surface area contributed by atoms with E-state index in [9.17, 15) is 4.79 Å². The Morgan fingerprint density at radius 1 is 1.43 bits per heavy atom. The average molecular weight is 189 g/mol. The molecule has 2 heteroatoms. The summed E-state index contributed by atoms with van der Waals surface area (Å²) in [5.41, 5.74) is 1.47. The lowest BCUT2D eigenvalue weighted by Crippen LogP contribution is -2.45. The van der Waals surface area contributed by atoms with Crippen molar-refractivity contribution >= 4 is 5.78 Å². The Morgan fingerprint density at radius 2 is 2.21 bits per heavy atom. The Morgan fingerprint density at radius 3 is 2.71 bits per heavy atom. The van der Waals surface area contributed by atoms with E-state index in [1.165, 1.54) is 19.3 Å². The fourth-order valence-corrected chi connectivity index (χ4v) is 2.97. The van der Waals surface area contributed by atoms with Gasteiger partial charge in [0, 0.05) is 23.9 Å². The average Bonchev–Trinajstić information content (AvgIpc) is 2.49. The number of H-pyrrole nitrogens is 1. The van der Waals surface area contributed by atoms with E-state index in [1.807, 2.05) is 18.5 Å². The predicted octanol–water partition coefficient (Wildman–Crippen LogP) is 2.78. The van der Waals surface area contributed by atoms with Gasteiger partial charge < -0.3 is 4.98 Å². The highest BCUT2D eigenvalue weighted by molar-refractivity contribution is 5.98. The lowest BCUT2D eigenvalue weighted by molar-refractivity contribution is -0.0150. The third-order valence-corrected chi connectivity index (χ3v) is 4.03. The molecule has 0 saturated heterocycles. The Kier molecular flexibility index (Phi) is 1.61.